The molecule has 46 heavy (non-hydrogen) atoms. The second kappa shape index (κ2) is 9.40. The van der Waals surface area contributed by atoms with Gasteiger partial charge in [-0.2, -0.15) is 5.10 Å². The minimum atomic E-state index is -0.420. The molecule has 10 heteroatoms. The molecule has 1 N–H and O–H groups in total. The molecule has 6 heterocycles. The number of aromatic nitrogens is 4. The lowest BCUT2D eigenvalue weighted by Gasteiger charge is -2.52. The number of fused-ring (bicyclic) bond motifs is 2. The van der Waals surface area contributed by atoms with Crippen LogP contribution in [0.3, 0.4) is 0 Å². The molecule has 0 spiro atoms. The van der Waals surface area contributed by atoms with Crippen molar-refractivity contribution < 1.29 is 14.0 Å². The molecule has 232 valence electrons. The lowest BCUT2D eigenvalue weighted by molar-refractivity contribution is -0.0204. The molecule has 5 aromatic rings. The number of carbonyl (C=O) groups excluding carboxylic acids is 2. The van der Waals surface area contributed by atoms with Crippen molar-refractivity contribution >= 4 is 34.2 Å². The van der Waals surface area contributed by atoms with Crippen molar-refractivity contribution in [2.75, 3.05) is 24.5 Å². The molecule has 5 fully saturated rings. The van der Waals surface area contributed by atoms with Gasteiger partial charge < -0.3 is 14.8 Å². The van der Waals surface area contributed by atoms with Crippen LogP contribution in [-0.2, 0) is 6.54 Å². The van der Waals surface area contributed by atoms with E-state index in [-0.39, 0.29) is 11.9 Å². The van der Waals surface area contributed by atoms with Gasteiger partial charge in [0, 0.05) is 60.6 Å². The zero-order chi connectivity index (χ0) is 30.8. The number of benzene rings is 1. The normalized spacial score (nSPS) is 24.8. The fraction of sp³-hybridized carbons (Fsp3) is 0.389. The molecule has 3 aliphatic carbocycles. The monoisotopic (exact) mass is 615 g/mol. The zero-order valence-corrected chi connectivity index (χ0v) is 25.6. The van der Waals surface area contributed by atoms with Gasteiger partial charge in [-0.15, -0.1) is 0 Å². The number of anilines is 1. The Hall–Kier alpha value is -4.73. The molecule has 0 radical (unpaired) electrons. The molecule has 4 aromatic heterocycles. The van der Waals surface area contributed by atoms with E-state index in [4.69, 9.17) is 10.1 Å². The van der Waals surface area contributed by atoms with Gasteiger partial charge in [-0.05, 0) is 92.7 Å². The van der Waals surface area contributed by atoms with Gasteiger partial charge in [0.2, 0.25) is 0 Å². The smallest absolute Gasteiger partial charge is 0.321 e. The van der Waals surface area contributed by atoms with Gasteiger partial charge in [0.15, 0.2) is 0 Å². The van der Waals surface area contributed by atoms with E-state index in [1.54, 1.807) is 15.6 Å². The predicted molar refractivity (Wildman–Crippen MR) is 172 cm³/mol. The van der Waals surface area contributed by atoms with Crippen LogP contribution in [-0.4, -0.2) is 61.7 Å². The number of nitrogens with one attached hydrogen (secondary N) is 1. The SMILES string of the molecule is Cc1c(-c2cc3ccc(-c4ccc(N5CCNC5=O)cc4)nc3n2CC2CC2)nn2cc(C(=O)N3CC4CC5CC3[C@H]54)cc(F)c12. The van der Waals surface area contributed by atoms with Gasteiger partial charge >= 0.3 is 6.03 Å². The molecule has 4 atom stereocenters. The summed E-state index contributed by atoms with van der Waals surface area (Å²) in [4.78, 5) is 34.6. The van der Waals surface area contributed by atoms with Crippen LogP contribution in [0.5, 0.6) is 0 Å². The van der Waals surface area contributed by atoms with E-state index >= 15 is 4.39 Å². The molecule has 2 saturated heterocycles. The van der Waals surface area contributed by atoms with Crippen molar-refractivity contribution in [3.63, 3.8) is 0 Å². The Balaban J connectivity index is 1.03. The van der Waals surface area contributed by atoms with Crippen molar-refractivity contribution in [3.05, 3.63) is 71.7 Å². The summed E-state index contributed by atoms with van der Waals surface area (Å²) in [5.74, 6) is 2.16. The molecule has 3 unspecified atom stereocenters. The lowest BCUT2D eigenvalue weighted by atomic mass is 9.53. The van der Waals surface area contributed by atoms with E-state index in [2.05, 4.69) is 22.0 Å². The third-order valence-corrected chi connectivity index (χ3v) is 11.4. The van der Waals surface area contributed by atoms with E-state index in [0.717, 1.165) is 64.7 Å². The Morgan fingerprint density at radius 3 is 2.65 bits per heavy atom. The van der Waals surface area contributed by atoms with Crippen LogP contribution in [0.25, 0.3) is 39.2 Å². The third kappa shape index (κ3) is 3.78. The summed E-state index contributed by atoms with van der Waals surface area (Å²) in [5.41, 5.74) is 6.69. The van der Waals surface area contributed by atoms with Crippen molar-refractivity contribution in [1.82, 2.24) is 29.4 Å². The quantitative estimate of drug-likeness (QED) is 0.258. The Bertz CT molecular complexity index is 2110. The highest BCUT2D eigenvalue weighted by atomic mass is 19.1. The second-order valence-corrected chi connectivity index (χ2v) is 14.1. The molecular formula is C36H34FN7O2. The molecule has 5 aliphatic rings. The van der Waals surface area contributed by atoms with Crippen LogP contribution in [0.2, 0.25) is 0 Å². The van der Waals surface area contributed by atoms with Gasteiger partial charge in [0.05, 0.1) is 17.0 Å². The van der Waals surface area contributed by atoms with Crippen LogP contribution in [0, 0.1) is 36.4 Å². The largest absolute Gasteiger partial charge is 0.336 e. The number of urea groups is 1. The Morgan fingerprint density at radius 1 is 1.07 bits per heavy atom. The second-order valence-electron chi connectivity index (χ2n) is 14.1. The first kappa shape index (κ1) is 26.5. The summed E-state index contributed by atoms with van der Waals surface area (Å²) < 4.78 is 19.6. The number of rotatable bonds is 6. The van der Waals surface area contributed by atoms with E-state index in [1.165, 1.54) is 25.3 Å². The highest BCUT2D eigenvalue weighted by molar-refractivity contribution is 5.96. The molecule has 3 amide bonds. The Morgan fingerprint density at radius 2 is 1.91 bits per heavy atom. The van der Waals surface area contributed by atoms with Crippen LogP contribution in [0.1, 0.15) is 41.6 Å². The first-order chi connectivity index (χ1) is 22.4. The minimum absolute atomic E-state index is 0.0719. The predicted octanol–water partition coefficient (Wildman–Crippen LogP) is 5.89. The number of nitrogens with zero attached hydrogens (tertiary/aromatic N) is 6. The maximum Gasteiger partial charge on any atom is 0.321 e. The van der Waals surface area contributed by atoms with Crippen LogP contribution in [0.4, 0.5) is 14.9 Å². The maximum atomic E-state index is 15.8. The average Bonchev–Trinajstić information content (AvgIpc) is 3.52. The van der Waals surface area contributed by atoms with Crippen molar-refractivity contribution in [2.45, 2.75) is 45.2 Å². The number of carbonyl (C=O) groups is 2. The van der Waals surface area contributed by atoms with Crippen molar-refractivity contribution in [1.29, 1.82) is 0 Å². The first-order valence-corrected chi connectivity index (χ1v) is 16.6. The number of pyridine rings is 2. The van der Waals surface area contributed by atoms with E-state index in [9.17, 15) is 9.59 Å². The number of aryl methyl sites for hydroxylation is 1. The fourth-order valence-corrected chi connectivity index (χ4v) is 8.75. The Labute approximate surface area is 265 Å². The van der Waals surface area contributed by atoms with E-state index in [0.29, 0.717) is 53.7 Å². The van der Waals surface area contributed by atoms with Gasteiger partial charge in [0.1, 0.15) is 22.7 Å². The molecular weight excluding hydrogens is 581 g/mol. The molecule has 1 aromatic carbocycles. The van der Waals surface area contributed by atoms with Crippen molar-refractivity contribution in [2.24, 2.45) is 23.7 Å². The zero-order valence-electron chi connectivity index (χ0n) is 25.6. The number of hydrogen-bond donors (Lipinski definition) is 1. The number of halogens is 1. The maximum absolute atomic E-state index is 15.8. The molecule has 3 saturated carbocycles. The third-order valence-electron chi connectivity index (χ3n) is 11.4. The minimum Gasteiger partial charge on any atom is -0.336 e. The number of hydrogen-bond acceptors (Lipinski definition) is 4. The summed E-state index contributed by atoms with van der Waals surface area (Å²) in [6.45, 7) is 4.83. The highest BCUT2D eigenvalue weighted by Gasteiger charge is 2.61. The molecule has 2 aliphatic heterocycles. The van der Waals surface area contributed by atoms with Gasteiger partial charge in [-0.1, -0.05) is 12.1 Å². The summed E-state index contributed by atoms with van der Waals surface area (Å²) in [5, 5.41) is 8.77. The fourth-order valence-electron chi connectivity index (χ4n) is 8.75. The van der Waals surface area contributed by atoms with Crippen LogP contribution >= 0.6 is 0 Å². The number of amides is 3. The highest BCUT2D eigenvalue weighted by Crippen LogP contribution is 2.60. The molecule has 10 rings (SSSR count). The molecule has 0 bridgehead atoms. The van der Waals surface area contributed by atoms with Crippen molar-refractivity contribution in [3.8, 4) is 22.6 Å². The van der Waals surface area contributed by atoms with Gasteiger partial charge in [-0.25, -0.2) is 18.7 Å². The van der Waals surface area contributed by atoms with Gasteiger partial charge in [-0.3, -0.25) is 9.69 Å². The number of likely N-dealkylation sites (tertiary alicyclic amines) is 1. The standard InChI is InChI=1S/C36H34FN7O2/c1-19-32(40-44-18-25(13-27(37)33(19)44)35(45)43-17-24-12-23-15-29(43)31(23)24)30-14-22-6-9-28(39-34(22)42(30)16-20-2-3-20)21-4-7-26(8-5-21)41-11-10-38-36(41)46/h4-9,13-14,18,20,23-24,29,31H,2-3,10-12,15-17H2,1H3,(H,38,46)/t23?,24?,29?,31-/m1/s1. The van der Waals surface area contributed by atoms with Gasteiger partial charge in [0.25, 0.3) is 5.91 Å². The summed E-state index contributed by atoms with van der Waals surface area (Å²) in [6.07, 6.45) is 6.39. The summed E-state index contributed by atoms with van der Waals surface area (Å²) in [7, 11) is 0. The topological polar surface area (TPSA) is 87.8 Å². The lowest BCUT2D eigenvalue weighted by Crippen LogP contribution is -2.53. The van der Waals surface area contributed by atoms with Crippen LogP contribution < -0.4 is 10.2 Å². The van der Waals surface area contributed by atoms with E-state index < -0.39 is 5.82 Å². The van der Waals surface area contributed by atoms with E-state index in [1.807, 2.05) is 42.2 Å². The summed E-state index contributed by atoms with van der Waals surface area (Å²) >= 11 is 0. The Kier molecular flexibility index (Phi) is 5.41. The average molecular weight is 616 g/mol. The van der Waals surface area contributed by atoms with Crippen LogP contribution in [0.15, 0.2) is 54.7 Å². The first-order valence-electron chi connectivity index (χ1n) is 16.6. The summed E-state index contributed by atoms with van der Waals surface area (Å²) in [6, 6.07) is 15.8. The molecule has 9 nitrogen and oxygen atoms in total.